The highest BCUT2D eigenvalue weighted by Crippen LogP contribution is 2.41. The monoisotopic (exact) mass is 593 g/mol. The van der Waals surface area contributed by atoms with E-state index in [4.69, 9.17) is 14.5 Å². The van der Waals surface area contributed by atoms with Crippen molar-refractivity contribution in [2.45, 2.75) is 78.1 Å². The number of fused-ring (bicyclic) bond motifs is 2. The molecule has 7 nitrogen and oxygen atoms in total. The lowest BCUT2D eigenvalue weighted by atomic mass is 9.96. The summed E-state index contributed by atoms with van der Waals surface area (Å²) < 4.78 is 11.6. The standard InChI is InChI=1S/C37H43N3O4/c1-3-5-6-7-8-9-10-11-12-17-22-44-28-24-31(41)34(32(42)25-28)36-38-35(39-37(40-36)43-4-2)33-29-20-15-13-18-26(29)23-27-19-14-16-21-30(27)33/h13-16,18-21,23-25,41-42H,3-12,17,22H2,1-2H3. The molecule has 0 bridgehead atoms. The van der Waals surface area contributed by atoms with Crippen molar-refractivity contribution in [1.82, 2.24) is 15.0 Å². The van der Waals surface area contributed by atoms with E-state index in [9.17, 15) is 10.2 Å². The summed E-state index contributed by atoms with van der Waals surface area (Å²) in [6.45, 7) is 4.97. The van der Waals surface area contributed by atoms with Gasteiger partial charge >= 0.3 is 6.01 Å². The molecule has 0 atom stereocenters. The van der Waals surface area contributed by atoms with Crippen LogP contribution >= 0.6 is 0 Å². The van der Waals surface area contributed by atoms with Gasteiger partial charge in [0.05, 0.1) is 13.2 Å². The summed E-state index contributed by atoms with van der Waals surface area (Å²) in [5, 5.41) is 26.2. The molecule has 0 saturated carbocycles. The van der Waals surface area contributed by atoms with Crippen LogP contribution in [0.2, 0.25) is 0 Å². The van der Waals surface area contributed by atoms with Gasteiger partial charge in [0.2, 0.25) is 0 Å². The molecule has 0 radical (unpaired) electrons. The first kappa shape index (κ1) is 31.0. The number of hydrogen-bond acceptors (Lipinski definition) is 7. The van der Waals surface area contributed by atoms with Crippen molar-refractivity contribution >= 4 is 21.5 Å². The molecule has 0 unspecified atom stereocenters. The maximum Gasteiger partial charge on any atom is 0.320 e. The zero-order valence-corrected chi connectivity index (χ0v) is 25.9. The minimum absolute atomic E-state index is 0.102. The van der Waals surface area contributed by atoms with Crippen LogP contribution in [0, 0.1) is 0 Å². The Morgan fingerprint density at radius 2 is 1.09 bits per heavy atom. The Labute approximate surface area is 259 Å². The molecule has 0 amide bonds. The Morgan fingerprint density at radius 1 is 0.568 bits per heavy atom. The molecule has 44 heavy (non-hydrogen) atoms. The van der Waals surface area contributed by atoms with Gasteiger partial charge in [-0.05, 0) is 41.0 Å². The van der Waals surface area contributed by atoms with Crippen LogP contribution in [0.15, 0.2) is 66.7 Å². The fraction of sp³-hybridized carbons (Fsp3) is 0.378. The largest absolute Gasteiger partial charge is 0.507 e. The summed E-state index contributed by atoms with van der Waals surface area (Å²) in [7, 11) is 0. The van der Waals surface area contributed by atoms with E-state index in [1.54, 1.807) is 0 Å². The van der Waals surface area contributed by atoms with E-state index in [0.717, 1.165) is 39.9 Å². The van der Waals surface area contributed by atoms with Crippen molar-refractivity contribution in [3.05, 3.63) is 66.7 Å². The average molecular weight is 594 g/mol. The molecule has 4 aromatic carbocycles. The number of unbranched alkanes of at least 4 members (excludes halogenated alkanes) is 9. The highest BCUT2D eigenvalue weighted by atomic mass is 16.5. The van der Waals surface area contributed by atoms with Crippen LogP contribution in [0.5, 0.6) is 23.3 Å². The molecular formula is C37H43N3O4. The van der Waals surface area contributed by atoms with Gasteiger partial charge in [0.15, 0.2) is 11.6 Å². The molecule has 1 heterocycles. The average Bonchev–Trinajstić information content (AvgIpc) is 3.02. The minimum Gasteiger partial charge on any atom is -0.507 e. The SMILES string of the molecule is CCCCCCCCCCCCOc1cc(O)c(-c2nc(OCC)nc(-c3c4ccccc4cc4ccccc34)n2)c(O)c1. The van der Waals surface area contributed by atoms with E-state index in [2.05, 4.69) is 35.1 Å². The van der Waals surface area contributed by atoms with Crippen LogP contribution in [0.3, 0.4) is 0 Å². The lowest BCUT2D eigenvalue weighted by Crippen LogP contribution is -2.04. The third-order valence-electron chi connectivity index (χ3n) is 7.94. The molecule has 7 heteroatoms. The van der Waals surface area contributed by atoms with Crippen LogP contribution in [0.4, 0.5) is 0 Å². The number of ether oxygens (including phenoxy) is 2. The van der Waals surface area contributed by atoms with Crippen molar-refractivity contribution in [3.63, 3.8) is 0 Å². The highest BCUT2D eigenvalue weighted by Gasteiger charge is 2.21. The molecule has 0 aliphatic carbocycles. The fourth-order valence-electron chi connectivity index (χ4n) is 5.71. The van der Waals surface area contributed by atoms with E-state index < -0.39 is 0 Å². The molecule has 5 rings (SSSR count). The Kier molecular flexibility index (Phi) is 10.8. The van der Waals surface area contributed by atoms with E-state index in [-0.39, 0.29) is 28.9 Å². The Balaban J connectivity index is 1.35. The van der Waals surface area contributed by atoms with Gasteiger partial charge in [-0.2, -0.15) is 9.97 Å². The van der Waals surface area contributed by atoms with Crippen LogP contribution in [-0.2, 0) is 0 Å². The molecule has 0 aliphatic heterocycles. The van der Waals surface area contributed by atoms with Crippen LogP contribution in [0.25, 0.3) is 44.3 Å². The minimum atomic E-state index is -0.176. The van der Waals surface area contributed by atoms with Gasteiger partial charge in [-0.15, -0.1) is 0 Å². The van der Waals surface area contributed by atoms with Crippen molar-refractivity contribution in [2.75, 3.05) is 13.2 Å². The number of nitrogens with zero attached hydrogens (tertiary/aromatic N) is 3. The summed E-state index contributed by atoms with van der Waals surface area (Å²) in [6.07, 6.45) is 12.4. The number of phenolic OH excluding ortho intramolecular Hbond substituents is 2. The van der Waals surface area contributed by atoms with Crippen LogP contribution < -0.4 is 9.47 Å². The third-order valence-corrected chi connectivity index (χ3v) is 7.94. The second-order valence-electron chi connectivity index (χ2n) is 11.3. The Hall–Kier alpha value is -4.39. The van der Waals surface area contributed by atoms with Gasteiger partial charge < -0.3 is 19.7 Å². The van der Waals surface area contributed by atoms with Crippen LogP contribution in [-0.4, -0.2) is 38.4 Å². The van der Waals surface area contributed by atoms with Crippen molar-refractivity contribution < 1.29 is 19.7 Å². The van der Waals surface area contributed by atoms with E-state index in [0.29, 0.717) is 24.8 Å². The number of benzene rings is 4. The topological polar surface area (TPSA) is 97.6 Å². The summed E-state index contributed by atoms with van der Waals surface area (Å²) in [5.74, 6) is 0.563. The Morgan fingerprint density at radius 3 is 1.66 bits per heavy atom. The summed E-state index contributed by atoms with van der Waals surface area (Å²) in [5.41, 5.74) is 0.934. The molecule has 230 valence electrons. The zero-order chi connectivity index (χ0) is 30.7. The maximum absolute atomic E-state index is 11.0. The van der Waals surface area contributed by atoms with Crippen LogP contribution in [0.1, 0.15) is 78.1 Å². The third kappa shape index (κ3) is 7.57. The predicted octanol–water partition coefficient (Wildman–Crippen LogP) is 9.62. The molecule has 2 N–H and O–H groups in total. The first-order valence-electron chi connectivity index (χ1n) is 16.1. The molecule has 0 aliphatic rings. The first-order valence-corrected chi connectivity index (χ1v) is 16.1. The normalized spacial score (nSPS) is 11.3. The fourth-order valence-corrected chi connectivity index (χ4v) is 5.71. The van der Waals surface area contributed by atoms with E-state index in [1.807, 2.05) is 43.3 Å². The van der Waals surface area contributed by atoms with E-state index >= 15 is 0 Å². The van der Waals surface area contributed by atoms with Crippen molar-refractivity contribution in [2.24, 2.45) is 0 Å². The second kappa shape index (κ2) is 15.4. The molecule has 5 aromatic rings. The summed E-state index contributed by atoms with van der Waals surface area (Å²) >= 11 is 0. The lowest BCUT2D eigenvalue weighted by molar-refractivity contribution is 0.301. The van der Waals surface area contributed by atoms with Gasteiger partial charge in [0.25, 0.3) is 0 Å². The highest BCUT2D eigenvalue weighted by molar-refractivity contribution is 6.11. The number of aromatic hydroxyl groups is 2. The van der Waals surface area contributed by atoms with Gasteiger partial charge in [0.1, 0.15) is 22.8 Å². The maximum atomic E-state index is 11.0. The van der Waals surface area contributed by atoms with Gasteiger partial charge in [-0.3, -0.25) is 0 Å². The second-order valence-corrected chi connectivity index (χ2v) is 11.3. The lowest BCUT2D eigenvalue weighted by Gasteiger charge is -2.14. The molecule has 0 spiro atoms. The molecule has 0 fully saturated rings. The van der Waals surface area contributed by atoms with Gasteiger partial charge in [0, 0.05) is 17.7 Å². The molecule has 0 saturated heterocycles. The number of phenols is 2. The predicted molar refractivity (Wildman–Crippen MR) is 178 cm³/mol. The smallest absolute Gasteiger partial charge is 0.320 e. The summed E-state index contributed by atoms with van der Waals surface area (Å²) in [6, 6.07) is 21.4. The Bertz CT molecular complexity index is 1610. The number of rotatable bonds is 16. The van der Waals surface area contributed by atoms with E-state index in [1.165, 1.54) is 63.5 Å². The first-order chi connectivity index (χ1) is 21.6. The van der Waals surface area contributed by atoms with Gasteiger partial charge in [-0.1, -0.05) is 113 Å². The molecule has 1 aromatic heterocycles. The number of aromatic nitrogens is 3. The molecular weight excluding hydrogens is 550 g/mol. The quantitative estimate of drug-likeness (QED) is 0.0868. The van der Waals surface area contributed by atoms with Gasteiger partial charge in [-0.25, -0.2) is 4.98 Å². The zero-order valence-electron chi connectivity index (χ0n) is 25.9. The van der Waals surface area contributed by atoms with Crippen molar-refractivity contribution in [1.29, 1.82) is 0 Å². The summed E-state index contributed by atoms with van der Waals surface area (Å²) in [4.78, 5) is 13.9. The van der Waals surface area contributed by atoms with Crippen molar-refractivity contribution in [3.8, 4) is 46.0 Å². The number of hydrogen-bond donors (Lipinski definition) is 2.